The van der Waals surface area contributed by atoms with Gasteiger partial charge in [-0.05, 0) is 41.0 Å². The zero-order valence-electron chi connectivity index (χ0n) is 13.4. The number of carbonyl (C=O) groups is 1. The SMILES string of the molecule is COc1cccc(-c2ccccc2COC(=O)c2ccccc2)c1. The summed E-state index contributed by atoms with van der Waals surface area (Å²) in [5, 5.41) is 0. The minimum atomic E-state index is -0.323. The third-order valence-corrected chi connectivity index (χ3v) is 3.77. The third kappa shape index (κ3) is 3.63. The topological polar surface area (TPSA) is 35.5 Å². The van der Waals surface area contributed by atoms with Crippen LogP contribution in [0.15, 0.2) is 78.9 Å². The van der Waals surface area contributed by atoms with Gasteiger partial charge in [0.1, 0.15) is 12.4 Å². The van der Waals surface area contributed by atoms with Crippen molar-refractivity contribution in [3.63, 3.8) is 0 Å². The lowest BCUT2D eigenvalue weighted by Gasteiger charge is -2.11. The van der Waals surface area contributed by atoms with E-state index in [0.29, 0.717) is 5.56 Å². The van der Waals surface area contributed by atoms with Gasteiger partial charge < -0.3 is 9.47 Å². The highest BCUT2D eigenvalue weighted by atomic mass is 16.5. The maximum atomic E-state index is 12.1. The molecule has 0 bridgehead atoms. The van der Waals surface area contributed by atoms with Crippen molar-refractivity contribution in [2.75, 3.05) is 7.11 Å². The van der Waals surface area contributed by atoms with Crippen LogP contribution in [-0.2, 0) is 11.3 Å². The first kappa shape index (κ1) is 15.8. The van der Waals surface area contributed by atoms with E-state index < -0.39 is 0 Å². The average Bonchev–Trinajstić information content (AvgIpc) is 2.67. The fourth-order valence-corrected chi connectivity index (χ4v) is 2.52. The van der Waals surface area contributed by atoms with Crippen molar-refractivity contribution in [3.05, 3.63) is 90.0 Å². The zero-order chi connectivity index (χ0) is 16.8. The number of methoxy groups -OCH3 is 1. The minimum absolute atomic E-state index is 0.223. The van der Waals surface area contributed by atoms with Crippen LogP contribution >= 0.6 is 0 Å². The van der Waals surface area contributed by atoms with Gasteiger partial charge in [-0.1, -0.05) is 54.6 Å². The summed E-state index contributed by atoms with van der Waals surface area (Å²) >= 11 is 0. The molecule has 0 fully saturated rings. The molecule has 0 N–H and O–H groups in total. The molecule has 0 atom stereocenters. The predicted octanol–water partition coefficient (Wildman–Crippen LogP) is 4.72. The highest BCUT2D eigenvalue weighted by Gasteiger charge is 2.10. The van der Waals surface area contributed by atoms with E-state index in [2.05, 4.69) is 0 Å². The van der Waals surface area contributed by atoms with Crippen LogP contribution in [0.25, 0.3) is 11.1 Å². The lowest BCUT2D eigenvalue weighted by molar-refractivity contribution is 0.0473. The van der Waals surface area contributed by atoms with E-state index in [1.807, 2.05) is 66.7 Å². The average molecular weight is 318 g/mol. The Kier molecular flexibility index (Phi) is 4.92. The minimum Gasteiger partial charge on any atom is -0.497 e. The molecule has 3 aromatic rings. The van der Waals surface area contributed by atoms with Crippen molar-refractivity contribution in [2.24, 2.45) is 0 Å². The highest BCUT2D eigenvalue weighted by Crippen LogP contribution is 2.27. The fourth-order valence-electron chi connectivity index (χ4n) is 2.52. The Morgan fingerprint density at radius 1 is 0.875 bits per heavy atom. The summed E-state index contributed by atoms with van der Waals surface area (Å²) in [6, 6.07) is 24.7. The zero-order valence-corrected chi connectivity index (χ0v) is 13.4. The van der Waals surface area contributed by atoms with Gasteiger partial charge in [-0.3, -0.25) is 0 Å². The van der Waals surface area contributed by atoms with Gasteiger partial charge in [-0.25, -0.2) is 4.79 Å². The molecule has 3 aromatic carbocycles. The van der Waals surface area contributed by atoms with Gasteiger partial charge in [-0.2, -0.15) is 0 Å². The molecule has 0 radical (unpaired) electrons. The Labute approximate surface area is 141 Å². The number of hydrogen-bond donors (Lipinski definition) is 0. The molecule has 120 valence electrons. The summed E-state index contributed by atoms with van der Waals surface area (Å²) < 4.78 is 10.7. The van der Waals surface area contributed by atoms with E-state index in [4.69, 9.17) is 9.47 Å². The molecule has 3 rings (SSSR count). The molecule has 0 unspecified atom stereocenters. The van der Waals surface area contributed by atoms with Gasteiger partial charge in [0.15, 0.2) is 0 Å². The standard InChI is InChI=1S/C21H18O3/c1-23-19-12-7-11-17(14-19)20-13-6-5-10-18(20)15-24-21(22)16-8-3-2-4-9-16/h2-14H,15H2,1H3. The van der Waals surface area contributed by atoms with Crippen LogP contribution in [0, 0.1) is 0 Å². The summed E-state index contributed by atoms with van der Waals surface area (Å²) in [5.74, 6) is 0.472. The second-order valence-electron chi connectivity index (χ2n) is 5.33. The Morgan fingerprint density at radius 3 is 2.42 bits per heavy atom. The quantitative estimate of drug-likeness (QED) is 0.639. The number of ether oxygens (including phenoxy) is 2. The van der Waals surface area contributed by atoms with Crippen molar-refractivity contribution in [3.8, 4) is 16.9 Å². The van der Waals surface area contributed by atoms with Crippen LogP contribution in [0.5, 0.6) is 5.75 Å². The van der Waals surface area contributed by atoms with Crippen LogP contribution in [0.1, 0.15) is 15.9 Å². The maximum Gasteiger partial charge on any atom is 0.338 e. The van der Waals surface area contributed by atoms with E-state index in [9.17, 15) is 4.79 Å². The van der Waals surface area contributed by atoms with Crippen molar-refractivity contribution in [2.45, 2.75) is 6.61 Å². The Bertz CT molecular complexity index is 825. The molecule has 3 heteroatoms. The van der Waals surface area contributed by atoms with E-state index in [-0.39, 0.29) is 12.6 Å². The van der Waals surface area contributed by atoms with Crippen LogP contribution in [-0.4, -0.2) is 13.1 Å². The molecule has 0 aliphatic carbocycles. The fraction of sp³-hybridized carbons (Fsp3) is 0.0952. The smallest absolute Gasteiger partial charge is 0.338 e. The van der Waals surface area contributed by atoms with Crippen LogP contribution < -0.4 is 4.74 Å². The van der Waals surface area contributed by atoms with Crippen LogP contribution in [0.3, 0.4) is 0 Å². The Morgan fingerprint density at radius 2 is 1.62 bits per heavy atom. The molecule has 0 aliphatic rings. The van der Waals surface area contributed by atoms with Crippen molar-refractivity contribution >= 4 is 5.97 Å². The summed E-state index contributed by atoms with van der Waals surface area (Å²) in [6.07, 6.45) is 0. The molecule has 0 saturated heterocycles. The monoisotopic (exact) mass is 318 g/mol. The van der Waals surface area contributed by atoms with Crippen molar-refractivity contribution < 1.29 is 14.3 Å². The molecule has 0 aromatic heterocycles. The largest absolute Gasteiger partial charge is 0.497 e. The molecule has 0 heterocycles. The molecule has 0 aliphatic heterocycles. The summed E-state index contributed by atoms with van der Waals surface area (Å²) in [6.45, 7) is 0.223. The number of hydrogen-bond acceptors (Lipinski definition) is 3. The molecular formula is C21H18O3. The first-order valence-corrected chi connectivity index (χ1v) is 7.72. The maximum absolute atomic E-state index is 12.1. The Balaban J connectivity index is 1.81. The molecule has 24 heavy (non-hydrogen) atoms. The highest BCUT2D eigenvalue weighted by molar-refractivity contribution is 5.89. The van der Waals surface area contributed by atoms with Gasteiger partial charge in [0, 0.05) is 0 Å². The van der Waals surface area contributed by atoms with Gasteiger partial charge >= 0.3 is 5.97 Å². The summed E-state index contributed by atoms with van der Waals surface area (Å²) in [7, 11) is 1.65. The van der Waals surface area contributed by atoms with E-state index in [1.165, 1.54) is 0 Å². The molecular weight excluding hydrogens is 300 g/mol. The second-order valence-corrected chi connectivity index (χ2v) is 5.33. The lowest BCUT2D eigenvalue weighted by Crippen LogP contribution is -2.05. The molecule has 0 amide bonds. The number of rotatable bonds is 5. The number of benzene rings is 3. The predicted molar refractivity (Wildman–Crippen MR) is 94.0 cm³/mol. The van der Waals surface area contributed by atoms with Crippen molar-refractivity contribution in [1.82, 2.24) is 0 Å². The second kappa shape index (κ2) is 7.47. The van der Waals surface area contributed by atoms with Crippen LogP contribution in [0.4, 0.5) is 0 Å². The normalized spacial score (nSPS) is 10.2. The van der Waals surface area contributed by atoms with E-state index >= 15 is 0 Å². The first-order valence-electron chi connectivity index (χ1n) is 7.72. The lowest BCUT2D eigenvalue weighted by atomic mass is 10.00. The van der Waals surface area contributed by atoms with E-state index in [0.717, 1.165) is 22.4 Å². The molecule has 0 saturated carbocycles. The molecule has 0 spiro atoms. The number of carbonyl (C=O) groups excluding carboxylic acids is 1. The Hall–Kier alpha value is -3.07. The van der Waals surface area contributed by atoms with Gasteiger partial charge in [0.05, 0.1) is 12.7 Å². The van der Waals surface area contributed by atoms with Crippen molar-refractivity contribution in [1.29, 1.82) is 0 Å². The van der Waals surface area contributed by atoms with Gasteiger partial charge in [-0.15, -0.1) is 0 Å². The third-order valence-electron chi connectivity index (χ3n) is 3.77. The summed E-state index contributed by atoms with van der Waals surface area (Å²) in [4.78, 5) is 12.1. The first-order chi connectivity index (χ1) is 11.8. The molecule has 3 nitrogen and oxygen atoms in total. The summed E-state index contributed by atoms with van der Waals surface area (Å²) in [5.41, 5.74) is 3.56. The van der Waals surface area contributed by atoms with Gasteiger partial charge in [0.2, 0.25) is 0 Å². The van der Waals surface area contributed by atoms with Crippen LogP contribution in [0.2, 0.25) is 0 Å². The van der Waals surface area contributed by atoms with Gasteiger partial charge in [0.25, 0.3) is 0 Å². The number of esters is 1. The van der Waals surface area contributed by atoms with E-state index in [1.54, 1.807) is 19.2 Å².